The Kier molecular flexibility index (Phi) is 5.53. The van der Waals surface area contributed by atoms with Crippen molar-refractivity contribution < 1.29 is 9.45 Å². The molecular formula is C15H20ClN5O3. The minimum Gasteiger partial charge on any atom is -0.338 e. The molecule has 2 aromatic rings. The number of benzene rings is 1. The first kappa shape index (κ1) is 18.3. The maximum absolute atomic E-state index is 10.7. The van der Waals surface area contributed by atoms with Crippen LogP contribution in [0.15, 0.2) is 28.8 Å². The predicted octanol–water partition coefficient (Wildman–Crippen LogP) is 2.24. The first-order valence-corrected chi connectivity index (χ1v) is 7.49. The van der Waals surface area contributed by atoms with Crippen LogP contribution in [0.25, 0.3) is 11.4 Å². The Balaban J connectivity index is 0.00000208. The standard InChI is InChI=1S/C15H19N5O3.ClH/c1-15(9-16)6-7-19(10-15)8-13-17-14(18-23-13)11-2-4-12(5-3-11)20(21)22;/h2-5H,6-10,16H2,1H3;1H. The SMILES string of the molecule is CC1(CN)CCN(Cc2nc(-c3ccc([N+](=O)[O-])cc3)no2)C1.Cl. The fraction of sp³-hybridized carbons (Fsp3) is 0.467. The second-order valence-corrected chi connectivity index (χ2v) is 6.29. The van der Waals surface area contributed by atoms with Gasteiger partial charge in [0.2, 0.25) is 11.7 Å². The van der Waals surface area contributed by atoms with Crippen molar-refractivity contribution in [1.82, 2.24) is 15.0 Å². The molecule has 0 radical (unpaired) electrons. The third kappa shape index (κ3) is 3.89. The predicted molar refractivity (Wildman–Crippen MR) is 90.7 cm³/mol. The van der Waals surface area contributed by atoms with Gasteiger partial charge in [0.05, 0.1) is 11.5 Å². The molecular weight excluding hydrogens is 334 g/mol. The average Bonchev–Trinajstić information content (AvgIpc) is 3.15. The molecule has 2 heterocycles. The highest BCUT2D eigenvalue weighted by Crippen LogP contribution is 2.29. The summed E-state index contributed by atoms with van der Waals surface area (Å²) in [6.45, 7) is 5.32. The van der Waals surface area contributed by atoms with Crippen molar-refractivity contribution >= 4 is 18.1 Å². The number of rotatable bonds is 5. The molecule has 0 saturated carbocycles. The highest BCUT2D eigenvalue weighted by Gasteiger charge is 2.33. The molecule has 1 saturated heterocycles. The summed E-state index contributed by atoms with van der Waals surface area (Å²) in [6, 6.07) is 6.10. The molecule has 8 nitrogen and oxygen atoms in total. The maximum Gasteiger partial charge on any atom is 0.269 e. The Hall–Kier alpha value is -2.03. The zero-order valence-corrected chi connectivity index (χ0v) is 14.2. The Labute approximate surface area is 145 Å². The molecule has 0 amide bonds. The summed E-state index contributed by atoms with van der Waals surface area (Å²) < 4.78 is 5.29. The summed E-state index contributed by atoms with van der Waals surface area (Å²) in [4.78, 5) is 16.8. The van der Waals surface area contributed by atoms with Crippen LogP contribution in [0.4, 0.5) is 5.69 Å². The van der Waals surface area contributed by atoms with E-state index in [1.807, 2.05) is 0 Å². The molecule has 24 heavy (non-hydrogen) atoms. The van der Waals surface area contributed by atoms with Crippen molar-refractivity contribution in [2.75, 3.05) is 19.6 Å². The Morgan fingerprint density at radius 3 is 2.71 bits per heavy atom. The van der Waals surface area contributed by atoms with E-state index < -0.39 is 4.92 Å². The maximum atomic E-state index is 10.7. The van der Waals surface area contributed by atoms with E-state index in [4.69, 9.17) is 10.3 Å². The number of nitro benzene ring substituents is 1. The molecule has 0 spiro atoms. The lowest BCUT2D eigenvalue weighted by atomic mass is 9.90. The second kappa shape index (κ2) is 7.25. The van der Waals surface area contributed by atoms with Crippen LogP contribution in [0.5, 0.6) is 0 Å². The van der Waals surface area contributed by atoms with Crippen molar-refractivity contribution in [3.8, 4) is 11.4 Å². The number of nitrogens with zero attached hydrogens (tertiary/aromatic N) is 4. The number of aromatic nitrogens is 2. The summed E-state index contributed by atoms with van der Waals surface area (Å²) in [5.74, 6) is 0.982. The van der Waals surface area contributed by atoms with Gasteiger partial charge in [-0.2, -0.15) is 4.98 Å². The molecule has 0 bridgehead atoms. The molecule has 1 fully saturated rings. The largest absolute Gasteiger partial charge is 0.338 e. The van der Waals surface area contributed by atoms with E-state index in [1.165, 1.54) is 12.1 Å². The summed E-state index contributed by atoms with van der Waals surface area (Å²) in [7, 11) is 0. The van der Waals surface area contributed by atoms with Gasteiger partial charge in [-0.25, -0.2) is 0 Å². The highest BCUT2D eigenvalue weighted by atomic mass is 35.5. The summed E-state index contributed by atoms with van der Waals surface area (Å²) in [5, 5.41) is 14.6. The van der Waals surface area contributed by atoms with E-state index in [2.05, 4.69) is 22.0 Å². The molecule has 1 atom stereocenters. The van der Waals surface area contributed by atoms with Gasteiger partial charge in [0.1, 0.15) is 0 Å². The lowest BCUT2D eigenvalue weighted by Gasteiger charge is -2.21. The molecule has 3 rings (SSSR count). The van der Waals surface area contributed by atoms with E-state index in [-0.39, 0.29) is 23.5 Å². The van der Waals surface area contributed by atoms with E-state index in [9.17, 15) is 10.1 Å². The molecule has 9 heteroatoms. The van der Waals surface area contributed by atoms with Gasteiger partial charge in [0.15, 0.2) is 0 Å². The fourth-order valence-corrected chi connectivity index (χ4v) is 2.79. The number of halogens is 1. The van der Waals surface area contributed by atoms with Gasteiger partial charge in [-0.05, 0) is 37.1 Å². The van der Waals surface area contributed by atoms with Crippen molar-refractivity contribution in [2.45, 2.75) is 19.9 Å². The first-order valence-electron chi connectivity index (χ1n) is 7.49. The minimum atomic E-state index is -0.437. The van der Waals surface area contributed by atoms with Crippen molar-refractivity contribution in [1.29, 1.82) is 0 Å². The topological polar surface area (TPSA) is 111 Å². The normalized spacial score (nSPS) is 20.8. The number of hydrogen-bond donors (Lipinski definition) is 1. The summed E-state index contributed by atoms with van der Waals surface area (Å²) in [6.07, 6.45) is 1.06. The molecule has 130 valence electrons. The van der Waals surface area contributed by atoms with Gasteiger partial charge in [-0.3, -0.25) is 15.0 Å². The Morgan fingerprint density at radius 1 is 1.42 bits per heavy atom. The fourth-order valence-electron chi connectivity index (χ4n) is 2.79. The quantitative estimate of drug-likeness (QED) is 0.648. The smallest absolute Gasteiger partial charge is 0.269 e. The van der Waals surface area contributed by atoms with Crippen LogP contribution in [0, 0.1) is 15.5 Å². The van der Waals surface area contributed by atoms with E-state index in [0.717, 1.165) is 19.5 Å². The van der Waals surface area contributed by atoms with Gasteiger partial charge in [0, 0.05) is 24.2 Å². The van der Waals surface area contributed by atoms with Crippen molar-refractivity contribution in [3.05, 3.63) is 40.3 Å². The number of nitro groups is 1. The zero-order valence-electron chi connectivity index (χ0n) is 13.3. The monoisotopic (exact) mass is 353 g/mol. The van der Waals surface area contributed by atoms with Crippen LogP contribution < -0.4 is 5.73 Å². The van der Waals surface area contributed by atoms with Crippen molar-refractivity contribution in [2.24, 2.45) is 11.1 Å². The van der Waals surface area contributed by atoms with Crippen molar-refractivity contribution in [3.63, 3.8) is 0 Å². The van der Waals surface area contributed by atoms with Gasteiger partial charge < -0.3 is 10.3 Å². The van der Waals surface area contributed by atoms with Crippen LogP contribution in [-0.4, -0.2) is 39.6 Å². The lowest BCUT2D eigenvalue weighted by Crippen LogP contribution is -2.31. The van der Waals surface area contributed by atoms with E-state index in [1.54, 1.807) is 12.1 Å². The van der Waals surface area contributed by atoms with Crippen LogP contribution in [0.3, 0.4) is 0 Å². The second-order valence-electron chi connectivity index (χ2n) is 6.29. The molecule has 1 unspecified atom stereocenters. The molecule has 1 aromatic carbocycles. The molecule has 1 aliphatic rings. The third-order valence-corrected chi connectivity index (χ3v) is 4.29. The zero-order chi connectivity index (χ0) is 16.4. The van der Waals surface area contributed by atoms with Gasteiger partial charge >= 0.3 is 0 Å². The number of likely N-dealkylation sites (tertiary alicyclic amines) is 1. The number of non-ortho nitro benzene ring substituents is 1. The highest BCUT2D eigenvalue weighted by molar-refractivity contribution is 5.85. The van der Waals surface area contributed by atoms with E-state index in [0.29, 0.717) is 30.4 Å². The number of nitrogens with two attached hydrogens (primary N) is 1. The van der Waals surface area contributed by atoms with Gasteiger partial charge in [0.25, 0.3) is 5.69 Å². The molecule has 2 N–H and O–H groups in total. The minimum absolute atomic E-state index is 0. The van der Waals surface area contributed by atoms with Crippen LogP contribution >= 0.6 is 12.4 Å². The molecule has 1 aromatic heterocycles. The average molecular weight is 354 g/mol. The van der Waals surface area contributed by atoms with Gasteiger partial charge in [-0.15, -0.1) is 12.4 Å². The Morgan fingerprint density at radius 2 is 2.12 bits per heavy atom. The van der Waals surface area contributed by atoms with Crippen LogP contribution in [0.1, 0.15) is 19.2 Å². The Bertz CT molecular complexity index is 705. The lowest BCUT2D eigenvalue weighted by molar-refractivity contribution is -0.384. The van der Waals surface area contributed by atoms with Gasteiger partial charge in [-0.1, -0.05) is 12.1 Å². The number of hydrogen-bond acceptors (Lipinski definition) is 7. The van der Waals surface area contributed by atoms with Crippen LogP contribution in [-0.2, 0) is 6.54 Å². The van der Waals surface area contributed by atoms with Crippen LogP contribution in [0.2, 0.25) is 0 Å². The summed E-state index contributed by atoms with van der Waals surface area (Å²) >= 11 is 0. The van der Waals surface area contributed by atoms with E-state index >= 15 is 0 Å². The molecule has 0 aliphatic carbocycles. The third-order valence-electron chi connectivity index (χ3n) is 4.29. The first-order chi connectivity index (χ1) is 11.0. The molecule has 1 aliphatic heterocycles. The summed E-state index contributed by atoms with van der Waals surface area (Å²) in [5.41, 5.74) is 6.70.